The Labute approximate surface area is 110 Å². The van der Waals surface area contributed by atoms with Gasteiger partial charge < -0.3 is 10.2 Å². The van der Waals surface area contributed by atoms with Crippen molar-refractivity contribution in [1.82, 2.24) is 10.2 Å². The molecule has 0 aliphatic carbocycles. The zero-order valence-electron chi connectivity index (χ0n) is 10.8. The van der Waals surface area contributed by atoms with Crippen LogP contribution in [-0.2, 0) is 10.0 Å². The number of sulfonamides is 1. The number of nitrogens with one attached hydrogen (secondary N) is 1. The van der Waals surface area contributed by atoms with E-state index in [0.717, 1.165) is 5.56 Å². The summed E-state index contributed by atoms with van der Waals surface area (Å²) in [7, 11) is -3.80. The van der Waals surface area contributed by atoms with Crippen molar-refractivity contribution in [3.05, 3.63) is 29.2 Å². The van der Waals surface area contributed by atoms with Crippen LogP contribution in [0.1, 0.15) is 17.0 Å². The number of benzene rings is 1. The van der Waals surface area contributed by atoms with Crippen LogP contribution >= 0.6 is 0 Å². The van der Waals surface area contributed by atoms with Crippen LogP contribution in [0, 0.1) is 20.8 Å². The summed E-state index contributed by atoms with van der Waals surface area (Å²) in [6.45, 7) is 4.98. The molecule has 0 aliphatic heterocycles. The van der Waals surface area contributed by atoms with Gasteiger partial charge in [-0.1, -0.05) is 5.10 Å². The molecule has 2 aromatic rings. The average Bonchev–Trinajstić information content (AvgIpc) is 2.68. The van der Waals surface area contributed by atoms with Gasteiger partial charge in [0.05, 0.1) is 4.90 Å². The summed E-state index contributed by atoms with van der Waals surface area (Å²) in [5.74, 6) is 0.276. The summed E-state index contributed by atoms with van der Waals surface area (Å²) in [5.41, 5.74) is 7.43. The second-order valence-electron chi connectivity index (χ2n) is 4.21. The largest absolute Gasteiger partial charge is 0.408 e. The fourth-order valence-corrected chi connectivity index (χ4v) is 2.92. The molecule has 2 rings (SSSR count). The molecule has 0 amide bonds. The molecule has 102 valence electrons. The smallest absolute Gasteiger partial charge is 0.329 e. The highest BCUT2D eigenvalue weighted by molar-refractivity contribution is 7.92. The lowest BCUT2D eigenvalue weighted by atomic mass is 10.1. The van der Waals surface area contributed by atoms with E-state index in [0.29, 0.717) is 11.3 Å². The summed E-state index contributed by atoms with van der Waals surface area (Å²) >= 11 is 0. The van der Waals surface area contributed by atoms with E-state index in [2.05, 4.69) is 14.9 Å². The van der Waals surface area contributed by atoms with Crippen LogP contribution in [0.25, 0.3) is 0 Å². The summed E-state index contributed by atoms with van der Waals surface area (Å²) in [5, 5.41) is 7.15. The summed E-state index contributed by atoms with van der Waals surface area (Å²) < 4.78 is 31.7. The zero-order valence-corrected chi connectivity index (χ0v) is 11.6. The fourth-order valence-electron chi connectivity index (χ4n) is 1.64. The van der Waals surface area contributed by atoms with Gasteiger partial charge in [-0.2, -0.15) is 0 Å². The van der Waals surface area contributed by atoms with Crippen molar-refractivity contribution in [2.24, 2.45) is 0 Å². The fraction of sp³-hybridized carbons (Fsp3) is 0.273. The second kappa shape index (κ2) is 4.54. The van der Waals surface area contributed by atoms with Gasteiger partial charge in [0.2, 0.25) is 5.89 Å². The minimum Gasteiger partial charge on any atom is -0.408 e. The zero-order chi connectivity index (χ0) is 14.2. The summed E-state index contributed by atoms with van der Waals surface area (Å²) in [6.07, 6.45) is 0. The average molecular weight is 282 g/mol. The SMILES string of the molecule is Cc1cc(N)c(C)c(S(=O)(=O)Nc2nnc(C)o2)c1. The minimum absolute atomic E-state index is 0.0980. The van der Waals surface area contributed by atoms with Crippen molar-refractivity contribution >= 4 is 21.7 Å². The van der Waals surface area contributed by atoms with Crippen molar-refractivity contribution in [1.29, 1.82) is 0 Å². The molecule has 0 bridgehead atoms. The van der Waals surface area contributed by atoms with Crippen molar-refractivity contribution in [2.75, 3.05) is 10.5 Å². The lowest BCUT2D eigenvalue weighted by molar-refractivity contribution is 0.534. The first-order valence-electron chi connectivity index (χ1n) is 5.49. The van der Waals surface area contributed by atoms with Gasteiger partial charge >= 0.3 is 6.01 Å². The maximum absolute atomic E-state index is 12.2. The Balaban J connectivity index is 2.45. The van der Waals surface area contributed by atoms with Crippen molar-refractivity contribution < 1.29 is 12.8 Å². The third kappa shape index (κ3) is 2.68. The van der Waals surface area contributed by atoms with E-state index in [4.69, 9.17) is 10.2 Å². The number of aryl methyl sites for hydroxylation is 2. The summed E-state index contributed by atoms with van der Waals surface area (Å²) in [4.78, 5) is 0.0980. The van der Waals surface area contributed by atoms with E-state index < -0.39 is 10.0 Å². The standard InChI is InChI=1S/C11H14N4O3S/c1-6-4-9(12)7(2)10(5-6)19(16,17)15-11-14-13-8(3)18-11/h4-5H,12H2,1-3H3,(H,14,15). The molecule has 0 fully saturated rings. The first-order chi connectivity index (χ1) is 8.79. The van der Waals surface area contributed by atoms with Gasteiger partial charge in [-0.25, -0.2) is 13.1 Å². The minimum atomic E-state index is -3.80. The summed E-state index contributed by atoms with van der Waals surface area (Å²) in [6, 6.07) is 3.08. The topological polar surface area (TPSA) is 111 Å². The Bertz CT molecular complexity index is 722. The number of hydrogen-bond donors (Lipinski definition) is 2. The van der Waals surface area contributed by atoms with Crippen LogP contribution in [0.15, 0.2) is 21.4 Å². The van der Waals surface area contributed by atoms with Crippen molar-refractivity contribution in [2.45, 2.75) is 25.7 Å². The predicted molar refractivity (Wildman–Crippen MR) is 70.2 cm³/mol. The van der Waals surface area contributed by atoms with Gasteiger partial charge in [-0.3, -0.25) is 0 Å². The van der Waals surface area contributed by atoms with Gasteiger partial charge in [0.1, 0.15) is 0 Å². The van der Waals surface area contributed by atoms with Gasteiger partial charge in [-0.05, 0) is 37.1 Å². The van der Waals surface area contributed by atoms with E-state index in [1.807, 2.05) is 0 Å². The molecular formula is C11H14N4O3S. The molecule has 19 heavy (non-hydrogen) atoms. The maximum atomic E-state index is 12.2. The highest BCUT2D eigenvalue weighted by Crippen LogP contribution is 2.24. The van der Waals surface area contributed by atoms with Crippen LogP contribution in [0.3, 0.4) is 0 Å². The van der Waals surface area contributed by atoms with Crippen LogP contribution in [0.4, 0.5) is 11.7 Å². The Hall–Kier alpha value is -2.09. The van der Waals surface area contributed by atoms with Gasteiger partial charge in [0.15, 0.2) is 0 Å². The first-order valence-corrected chi connectivity index (χ1v) is 6.97. The molecule has 0 radical (unpaired) electrons. The monoisotopic (exact) mass is 282 g/mol. The predicted octanol–water partition coefficient (Wildman–Crippen LogP) is 1.38. The Morgan fingerprint density at radius 3 is 2.47 bits per heavy atom. The van der Waals surface area contributed by atoms with Gasteiger partial charge in [-0.15, -0.1) is 5.10 Å². The molecule has 0 unspecified atom stereocenters. The lowest BCUT2D eigenvalue weighted by Gasteiger charge is -2.10. The molecule has 1 aromatic heterocycles. The molecule has 0 saturated carbocycles. The normalized spacial score (nSPS) is 11.5. The number of nitrogens with zero attached hydrogens (tertiary/aromatic N) is 2. The number of aromatic nitrogens is 2. The number of anilines is 2. The second-order valence-corrected chi connectivity index (χ2v) is 5.86. The van der Waals surface area contributed by atoms with Crippen LogP contribution in [0.2, 0.25) is 0 Å². The molecule has 3 N–H and O–H groups in total. The highest BCUT2D eigenvalue weighted by Gasteiger charge is 2.21. The van der Waals surface area contributed by atoms with Crippen LogP contribution in [-0.4, -0.2) is 18.6 Å². The third-order valence-corrected chi connectivity index (χ3v) is 4.03. The quantitative estimate of drug-likeness (QED) is 0.823. The Kier molecular flexibility index (Phi) is 3.19. The number of nitrogens with two attached hydrogens (primary N) is 1. The third-order valence-electron chi connectivity index (χ3n) is 2.58. The molecule has 1 aromatic carbocycles. The molecule has 7 nitrogen and oxygen atoms in total. The molecule has 1 heterocycles. The number of nitrogen functional groups attached to an aromatic ring is 1. The highest BCUT2D eigenvalue weighted by atomic mass is 32.2. The van der Waals surface area contributed by atoms with E-state index in [-0.39, 0.29) is 16.8 Å². The van der Waals surface area contributed by atoms with E-state index in [1.165, 1.54) is 6.07 Å². The van der Waals surface area contributed by atoms with Gasteiger partial charge in [0, 0.05) is 12.6 Å². The molecule has 0 saturated heterocycles. The van der Waals surface area contributed by atoms with Crippen molar-refractivity contribution in [3.8, 4) is 0 Å². The van der Waals surface area contributed by atoms with E-state index in [1.54, 1.807) is 26.8 Å². The maximum Gasteiger partial charge on any atom is 0.329 e. The van der Waals surface area contributed by atoms with Crippen molar-refractivity contribution in [3.63, 3.8) is 0 Å². The molecule has 0 aliphatic rings. The van der Waals surface area contributed by atoms with Crippen LogP contribution in [0.5, 0.6) is 0 Å². The van der Waals surface area contributed by atoms with Gasteiger partial charge in [0.25, 0.3) is 10.0 Å². The van der Waals surface area contributed by atoms with E-state index >= 15 is 0 Å². The molecule has 8 heteroatoms. The van der Waals surface area contributed by atoms with Crippen LogP contribution < -0.4 is 10.5 Å². The Morgan fingerprint density at radius 2 is 1.89 bits per heavy atom. The number of rotatable bonds is 3. The lowest BCUT2D eigenvalue weighted by Crippen LogP contribution is -2.15. The molecule has 0 atom stereocenters. The molecule has 0 spiro atoms. The Morgan fingerprint density at radius 1 is 1.21 bits per heavy atom. The molecular weight excluding hydrogens is 268 g/mol. The number of hydrogen-bond acceptors (Lipinski definition) is 6. The van der Waals surface area contributed by atoms with E-state index in [9.17, 15) is 8.42 Å². The first kappa shape index (κ1) is 13.3.